The molecule has 0 saturated heterocycles. The number of para-hydroxylation sites is 6. The number of aromatic nitrogens is 3. The van der Waals surface area contributed by atoms with Crippen molar-refractivity contribution in [3.63, 3.8) is 0 Å². The first-order chi connectivity index (χ1) is 25.3. The summed E-state index contributed by atoms with van der Waals surface area (Å²) in [7, 11) is 0. The van der Waals surface area contributed by atoms with Gasteiger partial charge in [0.1, 0.15) is 0 Å². The van der Waals surface area contributed by atoms with Crippen molar-refractivity contribution in [2.75, 3.05) is 0 Å². The average Bonchev–Trinajstić information content (AvgIpc) is 3.89. The number of hydrogen-bond acceptors (Lipinski definition) is 0. The van der Waals surface area contributed by atoms with Crippen molar-refractivity contribution in [1.82, 2.24) is 15.0 Å². The van der Waals surface area contributed by atoms with Crippen LogP contribution in [-0.2, 0) is 0 Å². The fraction of sp³-hybridized carbons (Fsp3) is 0. The van der Waals surface area contributed by atoms with Gasteiger partial charge >= 0.3 is 0 Å². The Bertz CT molecular complexity index is 3000. The van der Waals surface area contributed by atoms with E-state index in [1.54, 1.807) is 0 Å². The Kier molecular flexibility index (Phi) is 5.96. The third-order valence-corrected chi connectivity index (χ3v) is 10.7. The summed E-state index contributed by atoms with van der Waals surface area (Å²) in [5.74, 6) is 0. The van der Waals surface area contributed by atoms with Crippen molar-refractivity contribution in [3.8, 4) is 44.5 Å². The summed E-state index contributed by atoms with van der Waals surface area (Å²) in [6, 6.07) is 61.7. The second-order valence-electron chi connectivity index (χ2n) is 13.6. The van der Waals surface area contributed by atoms with Gasteiger partial charge in [-0.25, -0.2) is 0 Å². The van der Waals surface area contributed by atoms with Gasteiger partial charge in [0.05, 0.1) is 16.6 Å². The number of nitrogens with one attached hydrogen (secondary N) is 3. The van der Waals surface area contributed by atoms with Gasteiger partial charge in [-0.15, -0.1) is 0 Å². The molecule has 0 saturated carbocycles. The van der Waals surface area contributed by atoms with E-state index < -0.39 is 0 Å². The van der Waals surface area contributed by atoms with E-state index in [1.807, 2.05) is 0 Å². The van der Waals surface area contributed by atoms with Gasteiger partial charge < -0.3 is 15.0 Å². The maximum atomic E-state index is 3.75. The molecule has 0 spiro atoms. The Morgan fingerprint density at radius 2 is 0.569 bits per heavy atom. The van der Waals surface area contributed by atoms with Crippen molar-refractivity contribution in [2.45, 2.75) is 0 Å². The van der Waals surface area contributed by atoms with E-state index in [1.165, 1.54) is 82.3 Å². The van der Waals surface area contributed by atoms with Gasteiger partial charge in [0.2, 0.25) is 0 Å². The van der Waals surface area contributed by atoms with Crippen molar-refractivity contribution in [2.24, 2.45) is 0 Å². The molecule has 0 bridgehead atoms. The minimum absolute atomic E-state index is 1.15. The predicted octanol–water partition coefficient (Wildman–Crippen LogP) is 13.3. The largest absolute Gasteiger partial charge is 0.354 e. The Labute approximate surface area is 293 Å². The second kappa shape index (κ2) is 10.8. The molecule has 11 rings (SSSR count). The normalized spacial score (nSPS) is 11.9. The monoisotopic (exact) mass is 649 g/mol. The summed E-state index contributed by atoms with van der Waals surface area (Å²) in [5, 5.41) is 7.47. The number of aromatic amines is 3. The summed E-state index contributed by atoms with van der Waals surface area (Å²) < 4.78 is 0. The molecule has 238 valence electrons. The molecule has 0 radical (unpaired) electrons. The van der Waals surface area contributed by atoms with Crippen LogP contribution in [0.4, 0.5) is 0 Å². The maximum Gasteiger partial charge on any atom is 0.0544 e. The highest BCUT2D eigenvalue weighted by atomic mass is 14.7. The van der Waals surface area contributed by atoms with E-state index in [9.17, 15) is 0 Å². The topological polar surface area (TPSA) is 47.4 Å². The first kappa shape index (κ1) is 28.0. The number of benzene rings is 8. The predicted molar refractivity (Wildman–Crippen MR) is 216 cm³/mol. The van der Waals surface area contributed by atoms with Crippen LogP contribution in [0.25, 0.3) is 110 Å². The Morgan fingerprint density at radius 3 is 1.00 bits per heavy atom. The third kappa shape index (κ3) is 4.32. The van der Waals surface area contributed by atoms with Crippen LogP contribution in [0.2, 0.25) is 0 Å². The number of hydrogen-bond donors (Lipinski definition) is 3. The molecule has 3 N–H and O–H groups in total. The molecule has 0 fully saturated rings. The Morgan fingerprint density at radius 1 is 0.235 bits per heavy atom. The fourth-order valence-corrected chi connectivity index (χ4v) is 8.29. The summed E-state index contributed by atoms with van der Waals surface area (Å²) in [6.07, 6.45) is 0. The van der Waals surface area contributed by atoms with Gasteiger partial charge in [-0.1, -0.05) is 133 Å². The van der Waals surface area contributed by atoms with Gasteiger partial charge in [-0.3, -0.25) is 0 Å². The number of rotatable bonds is 4. The number of fused-ring (bicyclic) bond motifs is 9. The SMILES string of the molecule is c1ccc2c(c1)[nH]c1c(-c3ccc(-c4cc(-c5cccc6c5[nH]c5ccccc56)cc(-c5cccc6c5[nH]c5ccccc56)c4)cc3)cccc12. The first-order valence-corrected chi connectivity index (χ1v) is 17.5. The Balaban J connectivity index is 1.11. The quantitative estimate of drug-likeness (QED) is 0.170. The van der Waals surface area contributed by atoms with Crippen LogP contribution in [0.3, 0.4) is 0 Å². The molecule has 0 aliphatic carbocycles. The van der Waals surface area contributed by atoms with Gasteiger partial charge in [0, 0.05) is 65.6 Å². The number of H-pyrrole nitrogens is 3. The molecule has 3 aromatic heterocycles. The average molecular weight is 650 g/mol. The van der Waals surface area contributed by atoms with Crippen LogP contribution in [0.15, 0.2) is 170 Å². The van der Waals surface area contributed by atoms with Crippen molar-refractivity contribution in [3.05, 3.63) is 170 Å². The lowest BCUT2D eigenvalue weighted by atomic mass is 9.91. The maximum absolute atomic E-state index is 3.75. The van der Waals surface area contributed by atoms with E-state index in [4.69, 9.17) is 0 Å². The van der Waals surface area contributed by atoms with E-state index in [0.717, 1.165) is 27.6 Å². The Hall–Kier alpha value is -6.84. The van der Waals surface area contributed by atoms with Crippen LogP contribution in [0.1, 0.15) is 0 Å². The third-order valence-electron chi connectivity index (χ3n) is 10.7. The molecule has 11 aromatic rings. The van der Waals surface area contributed by atoms with Crippen molar-refractivity contribution in [1.29, 1.82) is 0 Å². The molecule has 0 unspecified atom stereocenters. The lowest BCUT2D eigenvalue weighted by molar-refractivity contribution is 1.51. The molecule has 0 aliphatic heterocycles. The zero-order valence-electron chi connectivity index (χ0n) is 27.7. The van der Waals surface area contributed by atoms with Gasteiger partial charge in [0.25, 0.3) is 0 Å². The van der Waals surface area contributed by atoms with E-state index in [2.05, 4.69) is 185 Å². The molecule has 3 heteroatoms. The fourth-order valence-electron chi connectivity index (χ4n) is 8.29. The molecule has 3 nitrogen and oxygen atoms in total. The summed E-state index contributed by atoms with van der Waals surface area (Å²) in [4.78, 5) is 11.2. The van der Waals surface area contributed by atoms with Crippen LogP contribution in [0, 0.1) is 0 Å². The molecule has 51 heavy (non-hydrogen) atoms. The van der Waals surface area contributed by atoms with Crippen molar-refractivity contribution < 1.29 is 0 Å². The summed E-state index contributed by atoms with van der Waals surface area (Å²) >= 11 is 0. The molecule has 8 aromatic carbocycles. The lowest BCUT2D eigenvalue weighted by Gasteiger charge is -2.13. The summed E-state index contributed by atoms with van der Waals surface area (Å²) in [6.45, 7) is 0. The van der Waals surface area contributed by atoms with Crippen molar-refractivity contribution >= 4 is 65.4 Å². The molecule has 0 atom stereocenters. The van der Waals surface area contributed by atoms with Gasteiger partial charge in [0.15, 0.2) is 0 Å². The van der Waals surface area contributed by atoms with Crippen LogP contribution < -0.4 is 0 Å². The highest BCUT2D eigenvalue weighted by molar-refractivity contribution is 6.14. The summed E-state index contributed by atoms with van der Waals surface area (Å²) in [5.41, 5.74) is 16.5. The molecule has 0 amide bonds. The molecule has 3 heterocycles. The van der Waals surface area contributed by atoms with E-state index >= 15 is 0 Å². The molecular weight excluding hydrogens is 619 g/mol. The van der Waals surface area contributed by atoms with Crippen LogP contribution >= 0.6 is 0 Å². The van der Waals surface area contributed by atoms with E-state index in [0.29, 0.717) is 0 Å². The zero-order valence-corrected chi connectivity index (χ0v) is 27.7. The van der Waals surface area contributed by atoms with Gasteiger partial charge in [-0.2, -0.15) is 0 Å². The minimum atomic E-state index is 1.15. The standard InChI is InChI=1S/C48H31N3/c1-4-19-43-37(10-1)40-16-7-13-34(46(40)49-43)30-24-22-29(23-25-30)31-26-32(35-14-8-17-41-38-11-2-5-20-44(38)50-47(35)41)28-33(27-31)36-15-9-18-42-39-12-3-6-21-45(39)51-48(36)42/h1-28,49-51H. The second-order valence-corrected chi connectivity index (χ2v) is 13.6. The smallest absolute Gasteiger partial charge is 0.0544 e. The highest BCUT2D eigenvalue weighted by Crippen LogP contribution is 2.41. The first-order valence-electron chi connectivity index (χ1n) is 17.5. The van der Waals surface area contributed by atoms with Crippen LogP contribution in [-0.4, -0.2) is 15.0 Å². The molecule has 0 aliphatic rings. The minimum Gasteiger partial charge on any atom is -0.354 e. The van der Waals surface area contributed by atoms with Crippen LogP contribution in [0.5, 0.6) is 0 Å². The van der Waals surface area contributed by atoms with E-state index in [-0.39, 0.29) is 0 Å². The zero-order chi connectivity index (χ0) is 33.5. The lowest BCUT2D eigenvalue weighted by Crippen LogP contribution is -1.89. The molecular formula is C48H31N3. The highest BCUT2D eigenvalue weighted by Gasteiger charge is 2.16. The van der Waals surface area contributed by atoms with Gasteiger partial charge in [-0.05, 0) is 64.2 Å².